The molecule has 94 valence electrons. The highest BCUT2D eigenvalue weighted by atomic mass is 16.5. The minimum Gasteiger partial charge on any atom is -0.383 e. The molecule has 0 aliphatic carbocycles. The average molecular weight is 238 g/mol. The van der Waals surface area contributed by atoms with Crippen molar-refractivity contribution in [3.05, 3.63) is 18.0 Å². The van der Waals surface area contributed by atoms with Crippen molar-refractivity contribution in [3.8, 4) is 0 Å². The lowest BCUT2D eigenvalue weighted by Gasteiger charge is -2.14. The van der Waals surface area contributed by atoms with Crippen LogP contribution in [0.5, 0.6) is 0 Å². The molecule has 0 fully saturated rings. The molecular formula is C11H18N4O2. The molecule has 2 N–H and O–H groups in total. The molecule has 1 atom stereocenters. The molecule has 1 aliphatic heterocycles. The first-order chi connectivity index (χ1) is 8.31. The zero-order valence-electron chi connectivity index (χ0n) is 9.98. The van der Waals surface area contributed by atoms with Gasteiger partial charge in [0.15, 0.2) is 0 Å². The molecular weight excluding hydrogens is 220 g/mol. The zero-order chi connectivity index (χ0) is 12.1. The summed E-state index contributed by atoms with van der Waals surface area (Å²) in [5, 5.41) is 10.3. The van der Waals surface area contributed by atoms with Gasteiger partial charge in [-0.2, -0.15) is 5.10 Å². The summed E-state index contributed by atoms with van der Waals surface area (Å²) < 4.78 is 6.79. The number of hydrogen-bond donors (Lipinski definition) is 2. The third-order valence-electron chi connectivity index (χ3n) is 2.87. The number of rotatable bonds is 4. The number of aromatic nitrogens is 2. The van der Waals surface area contributed by atoms with Crippen LogP contribution in [0.1, 0.15) is 5.69 Å². The first-order valence-corrected chi connectivity index (χ1v) is 5.79. The lowest BCUT2D eigenvalue weighted by molar-refractivity contribution is -0.125. The van der Waals surface area contributed by atoms with Crippen LogP contribution in [-0.4, -0.2) is 42.5 Å². The quantitative estimate of drug-likeness (QED) is 0.685. The van der Waals surface area contributed by atoms with Crippen LogP contribution >= 0.6 is 0 Å². The molecule has 6 nitrogen and oxygen atoms in total. The summed E-state index contributed by atoms with van der Waals surface area (Å²) >= 11 is 0. The number of fused-ring (bicyclic) bond motifs is 1. The molecule has 0 unspecified atom stereocenters. The molecule has 1 aromatic heterocycles. The normalized spacial score (nSPS) is 19.5. The van der Waals surface area contributed by atoms with E-state index in [-0.39, 0.29) is 11.8 Å². The highest BCUT2D eigenvalue weighted by Crippen LogP contribution is 2.09. The van der Waals surface area contributed by atoms with Crippen LogP contribution < -0.4 is 10.6 Å². The van der Waals surface area contributed by atoms with E-state index in [1.807, 2.05) is 10.7 Å². The van der Waals surface area contributed by atoms with Crippen molar-refractivity contribution in [1.29, 1.82) is 0 Å². The molecule has 0 radical (unpaired) electrons. The van der Waals surface area contributed by atoms with Crippen molar-refractivity contribution in [3.63, 3.8) is 0 Å². The van der Waals surface area contributed by atoms with Gasteiger partial charge in [0.1, 0.15) is 0 Å². The van der Waals surface area contributed by atoms with E-state index in [4.69, 9.17) is 4.74 Å². The molecule has 6 heteroatoms. The van der Waals surface area contributed by atoms with Crippen LogP contribution in [0, 0.1) is 5.92 Å². The highest BCUT2D eigenvalue weighted by molar-refractivity contribution is 5.78. The Hall–Kier alpha value is -1.40. The molecule has 17 heavy (non-hydrogen) atoms. The summed E-state index contributed by atoms with van der Waals surface area (Å²) in [7, 11) is 1.62. The summed E-state index contributed by atoms with van der Waals surface area (Å²) in [4.78, 5) is 11.9. The molecule has 0 saturated heterocycles. The van der Waals surface area contributed by atoms with E-state index in [2.05, 4.69) is 15.7 Å². The summed E-state index contributed by atoms with van der Waals surface area (Å²) in [5.74, 6) is -0.0223. The lowest BCUT2D eigenvalue weighted by Crippen LogP contribution is -2.38. The molecule has 1 aliphatic rings. The van der Waals surface area contributed by atoms with Gasteiger partial charge in [0.05, 0.1) is 24.8 Å². The fourth-order valence-electron chi connectivity index (χ4n) is 1.92. The summed E-state index contributed by atoms with van der Waals surface area (Å²) in [6, 6.07) is 1.97. The van der Waals surface area contributed by atoms with Crippen molar-refractivity contribution >= 4 is 5.91 Å². The van der Waals surface area contributed by atoms with E-state index in [1.165, 1.54) is 0 Å². The maximum absolute atomic E-state index is 11.9. The van der Waals surface area contributed by atoms with Crippen LogP contribution in [-0.2, 0) is 22.6 Å². The second-order valence-electron chi connectivity index (χ2n) is 4.12. The number of nitrogens with one attached hydrogen (secondary N) is 2. The van der Waals surface area contributed by atoms with Crippen LogP contribution in [0.2, 0.25) is 0 Å². The topological polar surface area (TPSA) is 68.2 Å². The minimum atomic E-state index is -0.0759. The van der Waals surface area contributed by atoms with Crippen molar-refractivity contribution in [1.82, 2.24) is 20.4 Å². The molecule has 2 rings (SSSR count). The van der Waals surface area contributed by atoms with Gasteiger partial charge in [-0.05, 0) is 6.07 Å². The van der Waals surface area contributed by atoms with E-state index in [9.17, 15) is 4.79 Å². The van der Waals surface area contributed by atoms with Gasteiger partial charge in [-0.15, -0.1) is 0 Å². The number of ether oxygens (including phenoxy) is 1. The van der Waals surface area contributed by atoms with Gasteiger partial charge < -0.3 is 15.4 Å². The van der Waals surface area contributed by atoms with Gasteiger partial charge in [-0.25, -0.2) is 0 Å². The number of amides is 1. The number of carbonyl (C=O) groups excluding carboxylic acids is 1. The molecule has 0 bridgehead atoms. The number of hydrogen-bond acceptors (Lipinski definition) is 4. The van der Waals surface area contributed by atoms with E-state index >= 15 is 0 Å². The highest BCUT2D eigenvalue weighted by Gasteiger charge is 2.22. The minimum absolute atomic E-state index is 0.0536. The van der Waals surface area contributed by atoms with Crippen LogP contribution in [0.15, 0.2) is 12.3 Å². The van der Waals surface area contributed by atoms with Crippen LogP contribution in [0.25, 0.3) is 0 Å². The number of nitrogens with zero attached hydrogens (tertiary/aromatic N) is 2. The third-order valence-corrected chi connectivity index (χ3v) is 2.87. The lowest BCUT2D eigenvalue weighted by atomic mass is 10.1. The molecule has 1 amide bonds. The molecule has 0 saturated carbocycles. The first-order valence-electron chi connectivity index (χ1n) is 5.79. The fourth-order valence-corrected chi connectivity index (χ4v) is 1.92. The second kappa shape index (κ2) is 5.79. The van der Waals surface area contributed by atoms with E-state index < -0.39 is 0 Å². The smallest absolute Gasteiger partial charge is 0.226 e. The van der Waals surface area contributed by atoms with Crippen LogP contribution in [0.4, 0.5) is 0 Å². The molecule has 1 aromatic rings. The Kier molecular flexibility index (Phi) is 4.11. The third kappa shape index (κ3) is 3.04. The van der Waals surface area contributed by atoms with Crippen molar-refractivity contribution < 1.29 is 9.53 Å². The Labute approximate surface area is 100 Å². The van der Waals surface area contributed by atoms with E-state index in [0.717, 1.165) is 12.2 Å². The standard InChI is InChI=1S/C11H18N4O2/c1-17-5-4-13-11(16)9-6-12-7-10-2-3-14-15(10)8-9/h2-3,9,12H,4-8H2,1H3,(H,13,16)/t9-/m1/s1. The average Bonchev–Trinajstić information content (AvgIpc) is 2.66. The predicted molar refractivity (Wildman–Crippen MR) is 62.3 cm³/mol. The molecule has 0 spiro atoms. The van der Waals surface area contributed by atoms with E-state index in [0.29, 0.717) is 26.2 Å². The van der Waals surface area contributed by atoms with Crippen molar-refractivity contribution in [2.75, 3.05) is 26.8 Å². The molecule has 2 heterocycles. The fraction of sp³-hybridized carbons (Fsp3) is 0.636. The Bertz CT molecular complexity index is 377. The number of methoxy groups -OCH3 is 1. The zero-order valence-corrected chi connectivity index (χ0v) is 9.98. The Morgan fingerprint density at radius 3 is 3.47 bits per heavy atom. The van der Waals surface area contributed by atoms with Gasteiger partial charge in [0.25, 0.3) is 0 Å². The van der Waals surface area contributed by atoms with Gasteiger partial charge in [0, 0.05) is 32.9 Å². The van der Waals surface area contributed by atoms with Gasteiger partial charge in [-0.3, -0.25) is 9.48 Å². The Morgan fingerprint density at radius 1 is 1.76 bits per heavy atom. The summed E-state index contributed by atoms with van der Waals surface area (Å²) in [5.41, 5.74) is 1.12. The monoisotopic (exact) mass is 238 g/mol. The summed E-state index contributed by atoms with van der Waals surface area (Å²) in [6.45, 7) is 3.18. The summed E-state index contributed by atoms with van der Waals surface area (Å²) in [6.07, 6.45) is 1.77. The maximum Gasteiger partial charge on any atom is 0.226 e. The Morgan fingerprint density at radius 2 is 2.65 bits per heavy atom. The maximum atomic E-state index is 11.9. The van der Waals surface area contributed by atoms with Gasteiger partial charge >= 0.3 is 0 Å². The SMILES string of the molecule is COCCNC(=O)[C@@H]1CNCc2ccnn2C1. The van der Waals surface area contributed by atoms with E-state index in [1.54, 1.807) is 13.3 Å². The van der Waals surface area contributed by atoms with Crippen molar-refractivity contribution in [2.45, 2.75) is 13.1 Å². The molecule has 0 aromatic carbocycles. The van der Waals surface area contributed by atoms with Crippen molar-refractivity contribution in [2.24, 2.45) is 5.92 Å². The van der Waals surface area contributed by atoms with Gasteiger partial charge in [0.2, 0.25) is 5.91 Å². The second-order valence-corrected chi connectivity index (χ2v) is 4.12. The van der Waals surface area contributed by atoms with Gasteiger partial charge in [-0.1, -0.05) is 0 Å². The largest absolute Gasteiger partial charge is 0.383 e. The number of carbonyl (C=O) groups is 1. The Balaban J connectivity index is 1.91. The first kappa shape index (κ1) is 12.1. The van der Waals surface area contributed by atoms with Crippen LogP contribution in [0.3, 0.4) is 0 Å². The predicted octanol–water partition coefficient (Wildman–Crippen LogP) is -0.635.